The van der Waals surface area contributed by atoms with Crippen molar-refractivity contribution in [3.05, 3.63) is 17.5 Å². The third kappa shape index (κ3) is 0.943. The number of carbonyl (C=O) groups is 1. The molecule has 0 bridgehead atoms. The number of nitrogens with zero attached hydrogens (tertiary/aromatic N) is 2. The molecule has 3 nitrogen and oxygen atoms in total. The molecule has 0 amide bonds. The van der Waals surface area contributed by atoms with E-state index < -0.39 is 0 Å². The summed E-state index contributed by atoms with van der Waals surface area (Å²) in [5.41, 5.74) is 1.63. The van der Waals surface area contributed by atoms with E-state index in [1.54, 1.807) is 17.8 Å². The minimum absolute atomic E-state index is 0.0746. The maximum Gasteiger partial charge on any atom is 0.163 e. The van der Waals surface area contributed by atoms with E-state index >= 15 is 0 Å². The lowest BCUT2D eigenvalue weighted by Gasteiger charge is -1.93. The van der Waals surface area contributed by atoms with Crippen molar-refractivity contribution < 1.29 is 4.79 Å². The highest BCUT2D eigenvalue weighted by Crippen LogP contribution is 2.04. The molecule has 0 radical (unpaired) electrons. The topological polar surface area (TPSA) is 34.9 Å². The van der Waals surface area contributed by atoms with Gasteiger partial charge in [-0.15, -0.1) is 0 Å². The Bertz CT molecular complexity index is 263. The second kappa shape index (κ2) is 2.25. The summed E-state index contributed by atoms with van der Waals surface area (Å²) < 4.78 is 1.69. The second-order valence-corrected chi connectivity index (χ2v) is 2.32. The summed E-state index contributed by atoms with van der Waals surface area (Å²) in [6.45, 7) is 3.42. The zero-order valence-electron chi connectivity index (χ0n) is 6.38. The van der Waals surface area contributed by atoms with Crippen LogP contribution in [0.25, 0.3) is 0 Å². The van der Waals surface area contributed by atoms with Crippen LogP contribution < -0.4 is 0 Å². The Labute approximate surface area is 59.7 Å². The van der Waals surface area contributed by atoms with E-state index in [1.807, 2.05) is 14.0 Å². The van der Waals surface area contributed by atoms with Gasteiger partial charge in [-0.2, -0.15) is 5.10 Å². The Hall–Kier alpha value is -1.12. The summed E-state index contributed by atoms with van der Waals surface area (Å²) in [5, 5.41) is 3.93. The summed E-state index contributed by atoms with van der Waals surface area (Å²) in [4.78, 5) is 10.8. The fraction of sp³-hybridized carbons (Fsp3) is 0.429. The first kappa shape index (κ1) is 6.99. The Balaban J connectivity index is 3.17. The average Bonchev–Trinajstić information content (AvgIpc) is 2.14. The third-order valence-corrected chi connectivity index (χ3v) is 1.61. The molecule has 54 valence electrons. The fourth-order valence-electron chi connectivity index (χ4n) is 0.844. The summed E-state index contributed by atoms with van der Waals surface area (Å²) >= 11 is 0. The van der Waals surface area contributed by atoms with Crippen molar-refractivity contribution in [1.82, 2.24) is 9.78 Å². The summed E-state index contributed by atoms with van der Waals surface area (Å²) in [6, 6.07) is 0. The van der Waals surface area contributed by atoms with Crippen molar-refractivity contribution in [1.29, 1.82) is 0 Å². The number of hydrogen-bond acceptors (Lipinski definition) is 2. The molecule has 1 aromatic rings. The number of aromatic nitrogens is 2. The van der Waals surface area contributed by atoms with Crippen molar-refractivity contribution in [3.63, 3.8) is 0 Å². The quantitative estimate of drug-likeness (QED) is 0.541. The van der Waals surface area contributed by atoms with Gasteiger partial charge in [-0.1, -0.05) is 0 Å². The molecule has 0 atom stereocenters. The molecule has 3 heteroatoms. The summed E-state index contributed by atoms with van der Waals surface area (Å²) in [6.07, 6.45) is 1.59. The van der Waals surface area contributed by atoms with Crippen LogP contribution in [0.5, 0.6) is 0 Å². The van der Waals surface area contributed by atoms with Crippen LogP contribution >= 0.6 is 0 Å². The molecule has 0 spiro atoms. The molecule has 0 N–H and O–H groups in total. The standard InChI is InChI=1S/C7H10N2O/c1-5-7(6(2)10)4-8-9(5)3/h4H,1-3H3. The van der Waals surface area contributed by atoms with E-state index in [-0.39, 0.29) is 5.78 Å². The maximum absolute atomic E-state index is 10.8. The van der Waals surface area contributed by atoms with E-state index in [0.29, 0.717) is 5.56 Å². The van der Waals surface area contributed by atoms with Gasteiger partial charge in [-0.25, -0.2) is 0 Å². The molecule has 0 unspecified atom stereocenters. The van der Waals surface area contributed by atoms with Gasteiger partial charge in [0.2, 0.25) is 0 Å². The first-order valence-corrected chi connectivity index (χ1v) is 3.12. The zero-order chi connectivity index (χ0) is 7.72. The average molecular weight is 138 g/mol. The number of rotatable bonds is 1. The predicted octanol–water partition coefficient (Wildman–Crippen LogP) is 0.931. The monoisotopic (exact) mass is 138 g/mol. The van der Waals surface area contributed by atoms with Crippen molar-refractivity contribution in [2.75, 3.05) is 0 Å². The van der Waals surface area contributed by atoms with E-state index in [0.717, 1.165) is 5.69 Å². The van der Waals surface area contributed by atoms with Crippen LogP contribution in [0, 0.1) is 6.92 Å². The van der Waals surface area contributed by atoms with Gasteiger partial charge in [-0.3, -0.25) is 9.48 Å². The molecule has 1 heterocycles. The molecule has 0 saturated heterocycles. The van der Waals surface area contributed by atoms with Crippen molar-refractivity contribution in [3.8, 4) is 0 Å². The van der Waals surface area contributed by atoms with Crippen LogP contribution in [0.3, 0.4) is 0 Å². The van der Waals surface area contributed by atoms with Gasteiger partial charge in [0.25, 0.3) is 0 Å². The lowest BCUT2D eigenvalue weighted by Crippen LogP contribution is -1.96. The van der Waals surface area contributed by atoms with Crippen LogP contribution in [-0.2, 0) is 7.05 Å². The largest absolute Gasteiger partial charge is 0.294 e. The first-order valence-electron chi connectivity index (χ1n) is 3.12. The Morgan fingerprint density at radius 1 is 1.70 bits per heavy atom. The SMILES string of the molecule is CC(=O)c1cnn(C)c1C. The Kier molecular flexibility index (Phi) is 1.57. The second-order valence-electron chi connectivity index (χ2n) is 2.32. The van der Waals surface area contributed by atoms with Crippen LogP contribution in [0.15, 0.2) is 6.20 Å². The van der Waals surface area contributed by atoms with Crippen molar-refractivity contribution in [2.45, 2.75) is 13.8 Å². The number of aryl methyl sites for hydroxylation is 1. The smallest absolute Gasteiger partial charge is 0.163 e. The van der Waals surface area contributed by atoms with Crippen molar-refractivity contribution in [2.24, 2.45) is 7.05 Å². The molecule has 0 fully saturated rings. The van der Waals surface area contributed by atoms with Gasteiger partial charge in [0.05, 0.1) is 11.8 Å². The zero-order valence-corrected chi connectivity index (χ0v) is 6.38. The predicted molar refractivity (Wildman–Crippen MR) is 37.9 cm³/mol. The van der Waals surface area contributed by atoms with Gasteiger partial charge in [-0.05, 0) is 13.8 Å². The highest BCUT2D eigenvalue weighted by atomic mass is 16.1. The van der Waals surface area contributed by atoms with Gasteiger partial charge in [0.15, 0.2) is 5.78 Å². The van der Waals surface area contributed by atoms with Crippen LogP contribution in [0.1, 0.15) is 23.0 Å². The van der Waals surface area contributed by atoms with E-state index in [9.17, 15) is 4.79 Å². The fourth-order valence-corrected chi connectivity index (χ4v) is 0.844. The molecule has 0 aliphatic carbocycles. The van der Waals surface area contributed by atoms with Crippen LogP contribution in [0.4, 0.5) is 0 Å². The number of ketones is 1. The van der Waals surface area contributed by atoms with Gasteiger partial charge < -0.3 is 0 Å². The molecule has 1 aromatic heterocycles. The first-order chi connectivity index (χ1) is 4.63. The molecule has 0 aliphatic heterocycles. The Morgan fingerprint density at radius 3 is 2.50 bits per heavy atom. The Morgan fingerprint density at radius 2 is 2.30 bits per heavy atom. The number of carbonyl (C=O) groups excluding carboxylic acids is 1. The molecular weight excluding hydrogens is 128 g/mol. The highest BCUT2D eigenvalue weighted by molar-refractivity contribution is 5.94. The van der Waals surface area contributed by atoms with Crippen LogP contribution in [0.2, 0.25) is 0 Å². The minimum Gasteiger partial charge on any atom is -0.294 e. The summed E-state index contributed by atoms with van der Waals surface area (Å²) in [7, 11) is 1.82. The van der Waals surface area contributed by atoms with Crippen LogP contribution in [-0.4, -0.2) is 15.6 Å². The van der Waals surface area contributed by atoms with Crippen molar-refractivity contribution >= 4 is 5.78 Å². The molecular formula is C7H10N2O. The normalized spacial score (nSPS) is 9.90. The van der Waals surface area contributed by atoms with Gasteiger partial charge in [0.1, 0.15) is 0 Å². The molecule has 10 heavy (non-hydrogen) atoms. The molecule has 0 aromatic carbocycles. The maximum atomic E-state index is 10.8. The lowest BCUT2D eigenvalue weighted by molar-refractivity contribution is 0.101. The minimum atomic E-state index is 0.0746. The van der Waals surface area contributed by atoms with Gasteiger partial charge in [0, 0.05) is 12.7 Å². The van der Waals surface area contributed by atoms with Gasteiger partial charge >= 0.3 is 0 Å². The molecule has 0 saturated carbocycles. The van der Waals surface area contributed by atoms with E-state index in [1.165, 1.54) is 0 Å². The lowest BCUT2D eigenvalue weighted by atomic mass is 10.2. The number of Topliss-reactive ketones (excluding diaryl/α,β-unsaturated/α-hetero) is 1. The highest BCUT2D eigenvalue weighted by Gasteiger charge is 2.06. The number of hydrogen-bond donors (Lipinski definition) is 0. The molecule has 0 aliphatic rings. The van der Waals surface area contributed by atoms with E-state index in [2.05, 4.69) is 5.10 Å². The van der Waals surface area contributed by atoms with E-state index in [4.69, 9.17) is 0 Å². The third-order valence-electron chi connectivity index (χ3n) is 1.61. The molecule has 1 rings (SSSR count). The summed E-state index contributed by atoms with van der Waals surface area (Å²) in [5.74, 6) is 0.0746.